The third kappa shape index (κ3) is 7.28. The van der Waals surface area contributed by atoms with Crippen LogP contribution in [0, 0.1) is 0 Å². The Morgan fingerprint density at radius 1 is 1.03 bits per heavy atom. The van der Waals surface area contributed by atoms with E-state index in [4.69, 9.17) is 51.8 Å². The lowest BCUT2D eigenvalue weighted by Crippen LogP contribution is -2.40. The fraction of sp³-hybridized carbons (Fsp3) is 0.381. The van der Waals surface area contributed by atoms with Gasteiger partial charge < -0.3 is 15.0 Å². The molecule has 156 valence electrons. The van der Waals surface area contributed by atoms with Crippen LogP contribution in [0.25, 0.3) is 0 Å². The van der Waals surface area contributed by atoms with Gasteiger partial charge in [-0.2, -0.15) is 0 Å². The van der Waals surface area contributed by atoms with Crippen molar-refractivity contribution < 1.29 is 4.74 Å². The number of halogens is 3. The van der Waals surface area contributed by atoms with Crippen molar-refractivity contribution in [3.63, 3.8) is 0 Å². The minimum atomic E-state index is 0.580. The number of benzene rings is 2. The van der Waals surface area contributed by atoms with Crippen LogP contribution in [0.1, 0.15) is 12.0 Å². The first-order chi connectivity index (χ1) is 14.0. The van der Waals surface area contributed by atoms with E-state index in [0.29, 0.717) is 27.4 Å². The highest BCUT2D eigenvalue weighted by molar-refractivity contribution is 7.80. The van der Waals surface area contributed by atoms with Crippen LogP contribution < -0.4 is 5.32 Å². The Labute approximate surface area is 192 Å². The number of thiocarbonyl (C=S) groups is 1. The molecule has 1 heterocycles. The number of nitrogens with one attached hydrogen (secondary N) is 1. The molecule has 1 aliphatic rings. The van der Waals surface area contributed by atoms with Crippen molar-refractivity contribution in [2.75, 3.05) is 44.7 Å². The molecule has 1 N–H and O–H groups in total. The van der Waals surface area contributed by atoms with Crippen LogP contribution in [0.5, 0.6) is 0 Å². The maximum absolute atomic E-state index is 6.30. The van der Waals surface area contributed by atoms with Crippen LogP contribution in [-0.2, 0) is 11.3 Å². The standard InChI is InChI=1S/C21H24Cl3N3OS/c22-17-4-2-16(3-5-17)15-27(9-1-8-26-10-12-28-13-11-26)21(29)25-20-14-18(23)6-7-19(20)24/h2-7,14H,1,8-13,15H2,(H,25,29). The van der Waals surface area contributed by atoms with Crippen LogP contribution in [0.15, 0.2) is 42.5 Å². The Balaban J connectivity index is 1.65. The average molecular weight is 473 g/mol. The fourth-order valence-electron chi connectivity index (χ4n) is 3.16. The Morgan fingerprint density at radius 2 is 1.72 bits per heavy atom. The molecule has 0 saturated carbocycles. The number of morpholine rings is 1. The minimum Gasteiger partial charge on any atom is -0.379 e. The molecule has 0 amide bonds. The lowest BCUT2D eigenvalue weighted by molar-refractivity contribution is 0.0368. The summed E-state index contributed by atoms with van der Waals surface area (Å²) in [6.07, 6.45) is 0.999. The molecule has 29 heavy (non-hydrogen) atoms. The van der Waals surface area contributed by atoms with Gasteiger partial charge in [0.1, 0.15) is 0 Å². The molecular weight excluding hydrogens is 449 g/mol. The third-order valence-corrected chi connectivity index (χ3v) is 5.93. The monoisotopic (exact) mass is 471 g/mol. The number of anilines is 1. The largest absolute Gasteiger partial charge is 0.379 e. The van der Waals surface area contributed by atoms with Gasteiger partial charge in [-0.3, -0.25) is 4.90 Å². The number of rotatable bonds is 7. The van der Waals surface area contributed by atoms with Crippen LogP contribution in [-0.4, -0.2) is 54.3 Å². The number of nitrogens with zero attached hydrogens (tertiary/aromatic N) is 2. The third-order valence-electron chi connectivity index (χ3n) is 4.75. The quantitative estimate of drug-likeness (QED) is 0.532. The van der Waals surface area contributed by atoms with E-state index in [1.165, 1.54) is 0 Å². The van der Waals surface area contributed by atoms with Gasteiger partial charge >= 0.3 is 0 Å². The van der Waals surface area contributed by atoms with Gasteiger partial charge in [-0.1, -0.05) is 46.9 Å². The molecule has 2 aromatic rings. The molecular formula is C21H24Cl3N3OS. The van der Waals surface area contributed by atoms with Crippen molar-refractivity contribution in [2.24, 2.45) is 0 Å². The van der Waals surface area contributed by atoms with Crippen molar-refractivity contribution in [1.29, 1.82) is 0 Å². The smallest absolute Gasteiger partial charge is 0.173 e. The van der Waals surface area contributed by atoms with Crippen molar-refractivity contribution in [1.82, 2.24) is 9.80 Å². The summed E-state index contributed by atoms with van der Waals surface area (Å²) >= 11 is 24.1. The predicted octanol–water partition coefficient (Wildman–Crippen LogP) is 5.57. The van der Waals surface area contributed by atoms with E-state index in [0.717, 1.165) is 56.4 Å². The zero-order chi connectivity index (χ0) is 20.6. The summed E-state index contributed by atoms with van der Waals surface area (Å²) in [4.78, 5) is 4.57. The summed E-state index contributed by atoms with van der Waals surface area (Å²) in [5.41, 5.74) is 1.85. The van der Waals surface area contributed by atoms with Crippen molar-refractivity contribution in [2.45, 2.75) is 13.0 Å². The summed E-state index contributed by atoms with van der Waals surface area (Å²) in [7, 11) is 0. The van der Waals surface area contributed by atoms with Gasteiger partial charge in [0.25, 0.3) is 0 Å². The highest BCUT2D eigenvalue weighted by atomic mass is 35.5. The van der Waals surface area contributed by atoms with E-state index in [1.54, 1.807) is 18.2 Å². The van der Waals surface area contributed by atoms with E-state index >= 15 is 0 Å². The summed E-state index contributed by atoms with van der Waals surface area (Å²) in [6, 6.07) is 13.1. The SMILES string of the molecule is S=C(Nc1cc(Cl)ccc1Cl)N(CCCN1CCOCC1)Cc1ccc(Cl)cc1. The zero-order valence-corrected chi connectivity index (χ0v) is 19.1. The van der Waals surface area contributed by atoms with E-state index in [-0.39, 0.29) is 0 Å². The first-order valence-electron chi connectivity index (χ1n) is 9.57. The lowest BCUT2D eigenvalue weighted by atomic mass is 10.2. The molecule has 8 heteroatoms. The predicted molar refractivity (Wildman–Crippen MR) is 126 cm³/mol. The summed E-state index contributed by atoms with van der Waals surface area (Å²) in [6.45, 7) is 6.11. The molecule has 0 bridgehead atoms. The maximum Gasteiger partial charge on any atom is 0.173 e. The Morgan fingerprint density at radius 3 is 2.45 bits per heavy atom. The maximum atomic E-state index is 6.30. The topological polar surface area (TPSA) is 27.7 Å². The Bertz CT molecular complexity index is 813. The average Bonchev–Trinajstić information content (AvgIpc) is 2.72. The molecule has 0 unspecified atom stereocenters. The van der Waals surface area contributed by atoms with Gasteiger partial charge in [0.05, 0.1) is 23.9 Å². The van der Waals surface area contributed by atoms with Crippen LogP contribution in [0.4, 0.5) is 5.69 Å². The normalized spacial score (nSPS) is 14.6. The van der Waals surface area contributed by atoms with Crippen molar-refractivity contribution >= 4 is 57.8 Å². The second-order valence-corrected chi connectivity index (χ2v) is 8.58. The first kappa shape index (κ1) is 22.6. The molecule has 0 aromatic heterocycles. The molecule has 1 saturated heterocycles. The van der Waals surface area contributed by atoms with E-state index in [1.807, 2.05) is 24.3 Å². The van der Waals surface area contributed by atoms with Gasteiger partial charge in [0.2, 0.25) is 0 Å². The molecule has 0 radical (unpaired) electrons. The van der Waals surface area contributed by atoms with Crippen molar-refractivity contribution in [3.8, 4) is 0 Å². The second kappa shape index (κ2) is 11.3. The van der Waals surface area contributed by atoms with Crippen LogP contribution in [0.3, 0.4) is 0 Å². The summed E-state index contributed by atoms with van der Waals surface area (Å²) in [5, 5.41) is 5.78. The molecule has 3 rings (SSSR count). The second-order valence-electron chi connectivity index (χ2n) is 6.91. The molecule has 0 aliphatic carbocycles. The van der Waals surface area contributed by atoms with Gasteiger partial charge in [-0.05, 0) is 54.5 Å². The van der Waals surface area contributed by atoms with E-state index in [2.05, 4.69) is 15.1 Å². The Kier molecular flexibility index (Phi) is 8.85. The molecule has 0 atom stereocenters. The number of hydrogen-bond donors (Lipinski definition) is 1. The zero-order valence-electron chi connectivity index (χ0n) is 16.0. The molecule has 4 nitrogen and oxygen atoms in total. The van der Waals surface area contributed by atoms with Gasteiger partial charge in [0, 0.05) is 42.8 Å². The molecule has 2 aromatic carbocycles. The van der Waals surface area contributed by atoms with Crippen LogP contribution in [0.2, 0.25) is 15.1 Å². The van der Waals surface area contributed by atoms with E-state index < -0.39 is 0 Å². The fourth-order valence-corrected chi connectivity index (χ4v) is 3.89. The molecule has 1 aliphatic heterocycles. The highest BCUT2D eigenvalue weighted by Gasteiger charge is 2.15. The molecule has 0 spiro atoms. The lowest BCUT2D eigenvalue weighted by Gasteiger charge is -2.30. The molecule has 1 fully saturated rings. The van der Waals surface area contributed by atoms with E-state index in [9.17, 15) is 0 Å². The van der Waals surface area contributed by atoms with Gasteiger partial charge in [-0.25, -0.2) is 0 Å². The summed E-state index contributed by atoms with van der Waals surface area (Å²) < 4.78 is 5.42. The Hall–Kier alpha value is -1.08. The van der Waals surface area contributed by atoms with Gasteiger partial charge in [0.15, 0.2) is 5.11 Å². The first-order valence-corrected chi connectivity index (χ1v) is 11.1. The summed E-state index contributed by atoms with van der Waals surface area (Å²) in [5.74, 6) is 0. The number of ether oxygens (including phenoxy) is 1. The van der Waals surface area contributed by atoms with Gasteiger partial charge in [-0.15, -0.1) is 0 Å². The van der Waals surface area contributed by atoms with Crippen LogP contribution >= 0.6 is 47.0 Å². The highest BCUT2D eigenvalue weighted by Crippen LogP contribution is 2.26. The van der Waals surface area contributed by atoms with Crippen molar-refractivity contribution in [3.05, 3.63) is 63.1 Å². The minimum absolute atomic E-state index is 0.580. The number of hydrogen-bond acceptors (Lipinski definition) is 3.